The molecule has 141 heavy (non-hydrogen) atoms. The number of hydrogen-bond acceptors (Lipinski definition) is 18. The molecule has 0 spiro atoms. The Hall–Kier alpha value is -15.8. The number of halogens is 9. The first kappa shape index (κ1) is 103. The van der Waals surface area contributed by atoms with Crippen molar-refractivity contribution in [1.29, 1.82) is 26.3 Å². The van der Waals surface area contributed by atoms with E-state index in [1.54, 1.807) is 25.0 Å². The van der Waals surface area contributed by atoms with Crippen LogP contribution >= 0.6 is 47.8 Å². The molecular formula is C106H90Br3F6N21O5+2. The quantitative estimate of drug-likeness (QED) is 0.0268. The van der Waals surface area contributed by atoms with Gasteiger partial charge in [0.1, 0.15) is 60.8 Å². The second-order valence-corrected chi connectivity index (χ2v) is 35.5. The predicted molar refractivity (Wildman–Crippen MR) is 525 cm³/mol. The fourth-order valence-corrected chi connectivity index (χ4v) is 16.2. The third kappa shape index (κ3) is 29.9. The lowest BCUT2D eigenvalue weighted by molar-refractivity contribution is -0.662. The second kappa shape index (κ2) is 49.5. The molecule has 0 radical (unpaired) electrons. The Morgan fingerprint density at radius 3 is 1.15 bits per heavy atom. The number of aryl methyl sites for hydroxylation is 1. The number of benzene rings is 11. The number of carboxylic acid groups (broad SMARTS) is 2. The maximum Gasteiger partial charge on any atom is 0.490 e. The van der Waals surface area contributed by atoms with Crippen LogP contribution < -0.4 is 9.13 Å². The molecule has 17 aromatic rings. The molecule has 0 fully saturated rings. The minimum atomic E-state index is -5.08. The van der Waals surface area contributed by atoms with Crippen molar-refractivity contribution >= 4 is 92.6 Å². The Balaban J connectivity index is 0.000000167. The molecule has 6 aromatic heterocycles. The van der Waals surface area contributed by atoms with Gasteiger partial charge < -0.3 is 29.0 Å². The van der Waals surface area contributed by atoms with Gasteiger partial charge in [-0.2, -0.15) is 57.2 Å². The maximum absolute atomic E-state index is 10.6. The molecule has 0 bridgehead atoms. The summed E-state index contributed by atoms with van der Waals surface area (Å²) < 4.78 is 79.8. The summed E-state index contributed by atoms with van der Waals surface area (Å²) in [7, 11) is 2.13. The van der Waals surface area contributed by atoms with Crippen LogP contribution in [0.2, 0.25) is 0 Å². The number of fused-ring (bicyclic) bond motifs is 3. The Morgan fingerprint density at radius 1 is 0.397 bits per heavy atom. The van der Waals surface area contributed by atoms with Gasteiger partial charge in [-0.1, -0.05) is 187 Å². The zero-order chi connectivity index (χ0) is 100.0. The lowest BCUT2D eigenvalue weighted by Gasteiger charge is -2.23. The van der Waals surface area contributed by atoms with Gasteiger partial charge in [-0.05, 0) is 191 Å². The summed E-state index contributed by atoms with van der Waals surface area (Å²) in [6, 6.07) is 104. The van der Waals surface area contributed by atoms with E-state index in [1.807, 2.05) is 150 Å². The molecular weight excluding hydrogens is 2000 g/mol. The Labute approximate surface area is 833 Å². The molecule has 0 aliphatic heterocycles. The smallest absolute Gasteiger partial charge is 0.490 e. The molecule has 3 N–H and O–H groups in total. The van der Waals surface area contributed by atoms with Gasteiger partial charge in [-0.15, -0.1) is 30.6 Å². The summed E-state index contributed by atoms with van der Waals surface area (Å²) in [6.45, 7) is 9.66. The number of aromatic nitrogens is 13. The highest BCUT2D eigenvalue weighted by atomic mass is 79.9. The van der Waals surface area contributed by atoms with E-state index in [2.05, 4.69) is 287 Å². The minimum absolute atomic E-state index is 0.183. The number of pyridine rings is 2. The van der Waals surface area contributed by atoms with Gasteiger partial charge in [0.15, 0.2) is 23.8 Å². The Morgan fingerprint density at radius 2 is 0.752 bits per heavy atom. The van der Waals surface area contributed by atoms with Crippen LogP contribution in [0.15, 0.2) is 318 Å². The van der Waals surface area contributed by atoms with Gasteiger partial charge >= 0.3 is 24.3 Å². The molecule has 35 heteroatoms. The fourth-order valence-electron chi connectivity index (χ4n) is 15.4. The van der Waals surface area contributed by atoms with Crippen LogP contribution in [-0.4, -0.2) is 128 Å². The number of phenols is 1. The van der Waals surface area contributed by atoms with Gasteiger partial charge in [0.2, 0.25) is 5.52 Å². The van der Waals surface area contributed by atoms with E-state index in [-0.39, 0.29) is 5.75 Å². The highest BCUT2D eigenvalue weighted by Gasteiger charge is 2.39. The number of nitrogens with zero attached hydrogens (tertiary/aromatic N) is 21. The Kier molecular flexibility index (Phi) is 36.0. The number of para-hydroxylation sites is 4. The van der Waals surface area contributed by atoms with Crippen LogP contribution in [0, 0.1) is 56.7 Å². The van der Waals surface area contributed by atoms with Crippen molar-refractivity contribution in [3.8, 4) is 36.1 Å². The molecule has 0 aliphatic rings. The van der Waals surface area contributed by atoms with Crippen LogP contribution in [0.3, 0.4) is 0 Å². The van der Waals surface area contributed by atoms with Gasteiger partial charge in [0.25, 0.3) is 5.82 Å². The molecule has 710 valence electrons. The van der Waals surface area contributed by atoms with Gasteiger partial charge in [0, 0.05) is 69.2 Å². The van der Waals surface area contributed by atoms with Crippen molar-refractivity contribution in [3.05, 3.63) is 425 Å². The van der Waals surface area contributed by atoms with Crippen LogP contribution in [0.5, 0.6) is 5.75 Å². The van der Waals surface area contributed by atoms with Crippen molar-refractivity contribution in [1.82, 2.24) is 68.5 Å². The highest BCUT2D eigenvalue weighted by molar-refractivity contribution is 9.11. The molecule has 0 amide bonds. The molecule has 11 aromatic carbocycles. The monoisotopic (exact) mass is 2090 g/mol. The molecule has 0 saturated heterocycles. The van der Waals surface area contributed by atoms with E-state index in [4.69, 9.17) is 35.3 Å². The average Bonchev–Trinajstić information content (AvgIpc) is 1.59. The molecule has 0 saturated carbocycles. The number of rotatable bonds is 31. The molecule has 0 unspecified atom stereocenters. The SMILES string of the molecule is C[n+]1c(CN(CCc2ccc(Br)cc2)Cc2nncn2Cc2ccc(C#N)cc2)n(Cc2ccc(C#N)cc2)c2ccccc21.N#Cc1ccc(Cn2cnnc2CN(CCc2ccc(Br)cc2)Cc2cc[n+](Cc3ccc(C#N)cc3)c3ccccc23)cc1.N#Cc1ccc(Cn2cnnc2CN(CCc2ccc(Br)cc2)Cc2ccc3cccc(O)c3n2)cc1.O=C(O)C(F)(F)F.O=C(O)C(F)(F)F. The highest BCUT2D eigenvalue weighted by Crippen LogP contribution is 2.28. The lowest BCUT2D eigenvalue weighted by atomic mass is 10.1. The lowest BCUT2D eigenvalue weighted by Crippen LogP contribution is -2.38. The normalized spacial score (nSPS) is 11.1. The van der Waals surface area contributed by atoms with Crippen molar-refractivity contribution in [2.24, 2.45) is 7.05 Å². The number of imidazole rings is 1. The maximum atomic E-state index is 10.6. The number of alkyl halides is 6. The van der Waals surface area contributed by atoms with E-state index in [1.165, 1.54) is 33.5 Å². The van der Waals surface area contributed by atoms with Gasteiger partial charge in [-0.25, -0.2) is 23.7 Å². The number of phenolic OH excluding ortho intramolecular Hbond substituents is 1. The zero-order valence-corrected chi connectivity index (χ0v) is 80.6. The Bertz CT molecular complexity index is 7320. The summed E-state index contributed by atoms with van der Waals surface area (Å²) in [5.41, 5.74) is 18.8. The molecule has 6 heterocycles. The number of hydrogen-bond donors (Lipinski definition) is 3. The molecule has 17 rings (SSSR count). The third-order valence-corrected chi connectivity index (χ3v) is 24.5. The van der Waals surface area contributed by atoms with E-state index in [0.717, 1.165) is 138 Å². The van der Waals surface area contributed by atoms with E-state index in [9.17, 15) is 47.2 Å². The van der Waals surface area contributed by atoms with Crippen LogP contribution in [0.4, 0.5) is 26.3 Å². The fraction of sp³-hybridized carbons (Fsp3) is 0.189. The van der Waals surface area contributed by atoms with E-state index < -0.39 is 24.3 Å². The largest absolute Gasteiger partial charge is 0.506 e. The third-order valence-electron chi connectivity index (χ3n) is 22.9. The van der Waals surface area contributed by atoms with Crippen molar-refractivity contribution < 1.29 is 60.4 Å². The summed E-state index contributed by atoms with van der Waals surface area (Å²) in [4.78, 5) is 29.7. The number of carbonyl (C=O) groups is 2. The van der Waals surface area contributed by atoms with Crippen molar-refractivity contribution in [2.75, 3.05) is 19.6 Å². The number of nitriles is 5. The summed E-state index contributed by atoms with van der Waals surface area (Å²) in [5, 5.41) is 98.7. The molecule has 0 atom stereocenters. The van der Waals surface area contributed by atoms with Gasteiger partial charge in [-0.3, -0.25) is 14.7 Å². The van der Waals surface area contributed by atoms with Crippen LogP contribution in [-0.2, 0) is 108 Å². The van der Waals surface area contributed by atoms with E-state index >= 15 is 0 Å². The number of carboxylic acids is 2. The summed E-state index contributed by atoms with van der Waals surface area (Å²) in [6.07, 6.45) is -0.0390. The van der Waals surface area contributed by atoms with Crippen molar-refractivity contribution in [3.63, 3.8) is 0 Å². The van der Waals surface area contributed by atoms with Gasteiger partial charge in [0.05, 0.1) is 116 Å². The molecule has 26 nitrogen and oxygen atoms in total. The van der Waals surface area contributed by atoms with Crippen LogP contribution in [0.25, 0.3) is 32.8 Å². The minimum Gasteiger partial charge on any atom is -0.506 e. The van der Waals surface area contributed by atoms with E-state index in [0.29, 0.717) is 92.2 Å². The first-order chi connectivity index (χ1) is 68.0. The summed E-state index contributed by atoms with van der Waals surface area (Å²) >= 11 is 10.6. The zero-order valence-electron chi connectivity index (χ0n) is 75.8. The number of aromatic hydroxyl groups is 1. The first-order valence-electron chi connectivity index (χ1n) is 44.0. The van der Waals surface area contributed by atoms with Crippen LogP contribution in [0.1, 0.15) is 107 Å². The average molecular weight is 2090 g/mol. The van der Waals surface area contributed by atoms with Crippen molar-refractivity contribution in [2.45, 2.75) is 104 Å². The molecule has 0 aliphatic carbocycles. The predicted octanol–water partition coefficient (Wildman–Crippen LogP) is 19.2. The first-order valence-corrected chi connectivity index (χ1v) is 46.4. The number of aliphatic carboxylic acids is 2. The second-order valence-electron chi connectivity index (χ2n) is 32.7. The topological polar surface area (TPSA) is 341 Å². The summed E-state index contributed by atoms with van der Waals surface area (Å²) in [5.74, 6) is -1.53. The standard InChI is InChI=1S/C37H31BrN7.C36H32BrN8.C29H25BrN6O.2C2HF3O2/c38-34-15-13-28(14-16-34)17-19-43(26-37-42-41-27-45(37)24-32-11-7-30(22-40)8-12-32)25-33-18-20-44(36-4-2-1-3-35(33)36)23-31-9-5-29(21-39)6-10-31;1-42-33-4-2-3-5-34(33)45(23-31-12-8-29(21-39)9-13-31)36(42)25-43(19-18-27-14-16-32(37)17-15-27)24-35-41-40-26-44(35)22-30-10-6-28(20-38)7-11-30;30-25-11-8-21(9-12-25)14-15-35(18-26-13-10-24-2-1-3-27(37)29(24)33-26)19-28-34-32-20-36(28)17-23-6-4-22(16-31)5-7-23;2*3-2(4,5)1(6)7/h1-16,18,20,27H,17,19,23-26H2;2-17,26H,18-19,22-25H2,1H3;1-13,20,37H,14-15,17-19H2;2*(H,6,7)/q2*+1;;;.